The van der Waals surface area contributed by atoms with Crippen molar-refractivity contribution in [1.29, 1.82) is 0 Å². The van der Waals surface area contributed by atoms with Gasteiger partial charge in [0.1, 0.15) is 0 Å². The van der Waals surface area contributed by atoms with Gasteiger partial charge in [-0.05, 0) is 5.75 Å². The van der Waals surface area contributed by atoms with Gasteiger partial charge in [0.25, 0.3) is 0 Å². The Bertz CT molecular complexity index is 48.1. The molecule has 0 aliphatic heterocycles. The maximum atomic E-state index is 10.1. The predicted octanol–water partition coefficient (Wildman–Crippen LogP) is 0.633. The molecule has 46 valence electrons. The van der Waals surface area contributed by atoms with Crippen LogP contribution in [0.3, 0.4) is 0 Å². The van der Waals surface area contributed by atoms with Crippen LogP contribution in [-0.4, -0.2) is 22.0 Å². The summed E-state index contributed by atoms with van der Waals surface area (Å²) in [5.41, 5.74) is 0. The van der Waals surface area contributed by atoms with E-state index in [0.717, 1.165) is 7.11 Å². The van der Waals surface area contributed by atoms with Gasteiger partial charge in [0, 0.05) is 7.11 Å². The fourth-order valence-electron chi connectivity index (χ4n) is 0.118. The average Bonchev–Trinajstić information content (AvgIpc) is 1.68. The molecule has 0 aliphatic rings. The molecule has 0 N–H and O–H groups in total. The van der Waals surface area contributed by atoms with E-state index in [-0.39, 0.29) is 5.75 Å². The van der Waals surface area contributed by atoms with Crippen LogP contribution in [0.25, 0.3) is 0 Å². The molecule has 0 spiro atoms. The topological polar surface area (TPSA) is 55.3 Å². The average molecular weight is 124 g/mol. The van der Waals surface area contributed by atoms with E-state index in [4.69, 9.17) is 0 Å². The Kier molecular flexibility index (Phi) is 2.60. The van der Waals surface area contributed by atoms with Gasteiger partial charge in [-0.15, -0.1) is 0 Å². The molecule has 0 bridgehead atoms. The third kappa shape index (κ3) is 2.87. The lowest BCUT2D eigenvalue weighted by molar-refractivity contribution is 0.299. The van der Waals surface area contributed by atoms with Crippen LogP contribution in [0.5, 0.6) is 0 Å². The summed E-state index contributed by atoms with van der Waals surface area (Å²) in [5, 5.41) is 0. The van der Waals surface area contributed by atoms with Gasteiger partial charge >= 0.3 is 0 Å². The van der Waals surface area contributed by atoms with E-state index in [0.29, 0.717) is 0 Å². The molecule has 0 aromatic carbocycles. The highest BCUT2D eigenvalue weighted by atomic mass is 32.3. The minimum Gasteiger partial charge on any atom is -0.803 e. The molecule has 7 heavy (non-hydrogen) atoms. The summed E-state index contributed by atoms with van der Waals surface area (Å²) in [4.78, 5) is 0. The molecule has 0 unspecified atom stereocenters. The lowest BCUT2D eigenvalue weighted by Gasteiger charge is -2.51. The molecule has 0 aromatic rings. The molecule has 0 radical (unpaired) electrons. The molecule has 0 heterocycles. The van der Waals surface area contributed by atoms with Gasteiger partial charge in [-0.1, -0.05) is 6.92 Å². The van der Waals surface area contributed by atoms with Crippen molar-refractivity contribution in [3.05, 3.63) is 0 Å². The van der Waals surface area contributed by atoms with Gasteiger partial charge in [0.2, 0.25) is 0 Å². The molecule has 0 aromatic heterocycles. The van der Waals surface area contributed by atoms with Crippen molar-refractivity contribution >= 4 is 10.9 Å². The van der Waals surface area contributed by atoms with Crippen LogP contribution in [0.15, 0.2) is 0 Å². The van der Waals surface area contributed by atoms with Crippen LogP contribution >= 0.6 is 10.9 Å². The van der Waals surface area contributed by atoms with Crippen molar-refractivity contribution in [1.82, 2.24) is 0 Å². The third-order valence-corrected chi connectivity index (χ3v) is 1.82. The Morgan fingerprint density at radius 3 is 2.00 bits per heavy atom. The molecular weight excluding hydrogens is 116 g/mol. The Hall–Kier alpha value is 0.230. The molecule has 4 heteroatoms. The van der Waals surface area contributed by atoms with Crippen LogP contribution in [0, 0.1) is 0 Å². The van der Waals surface area contributed by atoms with Gasteiger partial charge in [0.05, 0.1) is 0 Å². The zero-order chi connectivity index (χ0) is 5.91. The summed E-state index contributed by atoms with van der Waals surface area (Å²) in [6.45, 7) is 1.53. The van der Waals surface area contributed by atoms with Crippen molar-refractivity contribution in [2.45, 2.75) is 6.92 Å². The first kappa shape index (κ1) is 7.23. The van der Waals surface area contributed by atoms with Crippen molar-refractivity contribution in [2.75, 3.05) is 12.9 Å². The molecule has 0 saturated carbocycles. The monoisotopic (exact) mass is 124 g/mol. The predicted molar refractivity (Wildman–Crippen MR) is 26.7 cm³/mol. The highest BCUT2D eigenvalue weighted by molar-refractivity contribution is 8.20. The summed E-state index contributed by atoms with van der Waals surface area (Å²) in [6.07, 6.45) is 0. The van der Waals surface area contributed by atoms with Gasteiger partial charge in [-0.2, -0.15) is 0 Å². The minimum absolute atomic E-state index is 0.0451. The number of hydrogen-bond acceptors (Lipinski definition) is 3. The number of hydrogen-bond donors (Lipinski definition) is 0. The highest BCUT2D eigenvalue weighted by Gasteiger charge is 1.83. The van der Waals surface area contributed by atoms with E-state index < -0.39 is 10.9 Å². The Balaban J connectivity index is 3.36. The Morgan fingerprint density at radius 2 is 2.00 bits per heavy atom. The quantitative estimate of drug-likeness (QED) is 0.542. The first-order valence-corrected chi connectivity index (χ1v) is 3.48. The van der Waals surface area contributed by atoms with Gasteiger partial charge in [-0.3, -0.25) is 10.9 Å². The summed E-state index contributed by atoms with van der Waals surface area (Å²) >= 11 is 0. The van der Waals surface area contributed by atoms with Crippen molar-refractivity contribution in [2.24, 2.45) is 0 Å². The van der Waals surface area contributed by atoms with Crippen molar-refractivity contribution < 1.29 is 13.3 Å². The summed E-state index contributed by atoms with van der Waals surface area (Å²) in [6, 6.07) is 0. The molecular formula is C3H8O3S-2. The van der Waals surface area contributed by atoms with E-state index >= 15 is 0 Å². The summed E-state index contributed by atoms with van der Waals surface area (Å²) in [7, 11) is -2.01. The fraction of sp³-hybridized carbons (Fsp3) is 1.00. The normalized spacial score (nSPS) is 14.3. The van der Waals surface area contributed by atoms with Crippen molar-refractivity contribution in [3.63, 3.8) is 0 Å². The second-order valence-electron chi connectivity index (χ2n) is 1.01. The third-order valence-electron chi connectivity index (χ3n) is 0.607. The van der Waals surface area contributed by atoms with Crippen LogP contribution in [0.4, 0.5) is 0 Å². The van der Waals surface area contributed by atoms with Gasteiger partial charge in [-0.25, -0.2) is 0 Å². The molecule has 0 fully saturated rings. The first-order chi connectivity index (χ1) is 3.12. The Labute approximate surface area is 44.9 Å². The number of rotatable bonds is 2. The standard InChI is InChI=1S/C3H10O3S/c1-3-7(4,5)6-2/h4-5H,3H2,1-2H3/p-2. The van der Waals surface area contributed by atoms with E-state index in [1.165, 1.54) is 6.92 Å². The van der Waals surface area contributed by atoms with E-state index in [9.17, 15) is 9.11 Å². The fourth-order valence-corrected chi connectivity index (χ4v) is 0.354. The lowest BCUT2D eigenvalue weighted by Crippen LogP contribution is -2.01. The van der Waals surface area contributed by atoms with E-state index in [2.05, 4.69) is 4.18 Å². The van der Waals surface area contributed by atoms with E-state index in [1.807, 2.05) is 0 Å². The largest absolute Gasteiger partial charge is 0.803 e. The SMILES string of the molecule is CCS([O-])([O-])OC. The molecule has 0 rings (SSSR count). The second-order valence-corrected chi connectivity index (χ2v) is 3.04. The zero-order valence-electron chi connectivity index (χ0n) is 4.34. The summed E-state index contributed by atoms with van der Waals surface area (Å²) < 4.78 is 24.4. The smallest absolute Gasteiger partial charge is 0.0455 e. The van der Waals surface area contributed by atoms with E-state index in [1.54, 1.807) is 0 Å². The highest BCUT2D eigenvalue weighted by Crippen LogP contribution is 2.36. The van der Waals surface area contributed by atoms with Crippen LogP contribution in [0.2, 0.25) is 0 Å². The summed E-state index contributed by atoms with van der Waals surface area (Å²) in [5.74, 6) is 0.0451. The van der Waals surface area contributed by atoms with Crippen molar-refractivity contribution in [3.8, 4) is 0 Å². The van der Waals surface area contributed by atoms with Gasteiger partial charge < -0.3 is 13.3 Å². The van der Waals surface area contributed by atoms with Crippen LogP contribution < -0.4 is 0 Å². The molecule has 3 nitrogen and oxygen atoms in total. The van der Waals surface area contributed by atoms with Crippen LogP contribution in [-0.2, 0) is 4.18 Å². The second kappa shape index (κ2) is 2.52. The van der Waals surface area contributed by atoms with Crippen LogP contribution in [0.1, 0.15) is 6.92 Å². The molecule has 0 saturated heterocycles. The molecule has 0 atom stereocenters. The first-order valence-electron chi connectivity index (χ1n) is 1.90. The molecule has 0 amide bonds. The van der Waals surface area contributed by atoms with Gasteiger partial charge in [0.15, 0.2) is 0 Å². The lowest BCUT2D eigenvalue weighted by atomic mass is 11.0. The maximum Gasteiger partial charge on any atom is 0.0455 e. The minimum atomic E-state index is -3.16. The molecule has 0 aliphatic carbocycles. The maximum absolute atomic E-state index is 10.1. The zero-order valence-corrected chi connectivity index (χ0v) is 5.16. The Morgan fingerprint density at radius 1 is 1.57 bits per heavy atom.